The number of fused-ring (bicyclic) bond motifs is 1. The van der Waals surface area contributed by atoms with E-state index < -0.39 is 0 Å². The number of hydrogen-bond acceptors (Lipinski definition) is 3. The van der Waals surface area contributed by atoms with Crippen molar-refractivity contribution in [1.82, 2.24) is 9.97 Å². The van der Waals surface area contributed by atoms with E-state index >= 15 is 0 Å². The summed E-state index contributed by atoms with van der Waals surface area (Å²) in [5, 5.41) is 10.6. The number of nitrogens with zero attached hydrogens (tertiary/aromatic N) is 1. The lowest BCUT2D eigenvalue weighted by molar-refractivity contribution is 0.470. The zero-order chi connectivity index (χ0) is 15.2. The van der Waals surface area contributed by atoms with Crippen LogP contribution in [0.25, 0.3) is 11.0 Å². The maximum absolute atomic E-state index is 9.68. The van der Waals surface area contributed by atoms with Gasteiger partial charge in [0, 0.05) is 5.75 Å². The lowest BCUT2D eigenvalue weighted by Crippen LogP contribution is -1.87. The van der Waals surface area contributed by atoms with Crippen molar-refractivity contribution in [3.8, 4) is 5.75 Å². The van der Waals surface area contributed by atoms with Crippen molar-refractivity contribution in [1.29, 1.82) is 0 Å². The van der Waals surface area contributed by atoms with Crippen LogP contribution in [0.15, 0.2) is 47.6 Å². The first-order chi connectivity index (χ1) is 10.2. The molecular formula is C17H20N2OS. The average molecular weight is 300 g/mol. The van der Waals surface area contributed by atoms with E-state index in [1.165, 1.54) is 0 Å². The molecule has 0 amide bonds. The van der Waals surface area contributed by atoms with Gasteiger partial charge in [0.1, 0.15) is 5.75 Å². The third kappa shape index (κ3) is 3.58. The minimum absolute atomic E-state index is 0.350. The van der Waals surface area contributed by atoms with Crippen molar-refractivity contribution in [2.45, 2.75) is 31.7 Å². The predicted molar refractivity (Wildman–Crippen MR) is 89.8 cm³/mol. The molecule has 3 aromatic rings. The molecule has 2 N–H and O–H groups in total. The molecule has 4 heteroatoms. The zero-order valence-electron chi connectivity index (χ0n) is 12.6. The zero-order valence-corrected chi connectivity index (χ0v) is 13.4. The molecule has 0 saturated heterocycles. The highest BCUT2D eigenvalue weighted by Crippen LogP contribution is 2.27. The van der Waals surface area contributed by atoms with Crippen LogP contribution in [0, 0.1) is 6.92 Å². The molecule has 0 radical (unpaired) electrons. The number of phenolic OH excluding ortho intramolecular Hbond substituents is 1. The van der Waals surface area contributed by atoms with Gasteiger partial charge in [0.2, 0.25) is 0 Å². The van der Waals surface area contributed by atoms with E-state index in [1.807, 2.05) is 57.2 Å². The van der Waals surface area contributed by atoms with Crippen LogP contribution in [0.3, 0.4) is 0 Å². The Labute approximate surface area is 129 Å². The van der Waals surface area contributed by atoms with Crippen molar-refractivity contribution in [3.63, 3.8) is 0 Å². The van der Waals surface area contributed by atoms with E-state index in [2.05, 4.69) is 9.97 Å². The summed E-state index contributed by atoms with van der Waals surface area (Å²) >= 11 is 1.64. The minimum Gasteiger partial charge on any atom is -0.508 e. The number of rotatable bonds is 3. The highest BCUT2D eigenvalue weighted by molar-refractivity contribution is 7.98. The fourth-order valence-electron chi connectivity index (χ4n) is 1.97. The Morgan fingerprint density at radius 2 is 1.86 bits per heavy atom. The van der Waals surface area contributed by atoms with Crippen LogP contribution in [-0.4, -0.2) is 15.1 Å². The molecule has 0 spiro atoms. The third-order valence-electron chi connectivity index (χ3n) is 3.15. The molecule has 110 valence electrons. The number of aromatic hydroxyl groups is 1. The lowest BCUT2D eigenvalue weighted by atomic mass is 10.1. The second-order valence-electron chi connectivity index (χ2n) is 4.41. The van der Waals surface area contributed by atoms with Crippen LogP contribution >= 0.6 is 11.8 Å². The first kappa shape index (κ1) is 15.4. The van der Waals surface area contributed by atoms with Crippen LogP contribution < -0.4 is 0 Å². The fraction of sp³-hybridized carbons (Fsp3) is 0.235. The molecule has 0 unspecified atom stereocenters. The normalized spacial score (nSPS) is 10.2. The molecule has 2 aromatic carbocycles. The summed E-state index contributed by atoms with van der Waals surface area (Å²) in [5.74, 6) is 1.14. The number of aromatic amines is 1. The van der Waals surface area contributed by atoms with Gasteiger partial charge in [-0.2, -0.15) is 0 Å². The third-order valence-corrected chi connectivity index (χ3v) is 4.07. The molecular weight excluding hydrogens is 280 g/mol. The van der Waals surface area contributed by atoms with E-state index in [0.29, 0.717) is 5.75 Å². The Morgan fingerprint density at radius 1 is 1.10 bits per heavy atom. The van der Waals surface area contributed by atoms with E-state index in [4.69, 9.17) is 0 Å². The van der Waals surface area contributed by atoms with Crippen LogP contribution in [0.5, 0.6) is 5.75 Å². The van der Waals surface area contributed by atoms with E-state index in [9.17, 15) is 5.11 Å². The molecule has 21 heavy (non-hydrogen) atoms. The molecule has 0 fully saturated rings. The lowest BCUT2D eigenvalue weighted by Gasteiger charge is -2.05. The summed E-state index contributed by atoms with van der Waals surface area (Å²) in [6.07, 6.45) is 0. The standard InChI is InChI=1S/C15H14N2OS.C2H6/c1-10-11(5-4-8-14(10)18)9-19-15-16-12-6-2-3-7-13(12)17-15;1-2/h2-8,18H,9H2,1H3,(H,16,17);1-2H3. The number of aromatic nitrogens is 2. The van der Waals surface area contributed by atoms with Gasteiger partial charge in [-0.05, 0) is 36.2 Å². The number of para-hydroxylation sites is 2. The Kier molecular flexibility index (Phi) is 5.28. The topological polar surface area (TPSA) is 48.9 Å². The number of benzene rings is 2. The largest absolute Gasteiger partial charge is 0.508 e. The molecule has 1 heterocycles. The van der Waals surface area contributed by atoms with Gasteiger partial charge in [-0.1, -0.05) is 49.9 Å². The molecule has 0 atom stereocenters. The summed E-state index contributed by atoms with van der Waals surface area (Å²) in [7, 11) is 0. The quantitative estimate of drug-likeness (QED) is 0.677. The van der Waals surface area contributed by atoms with Crippen molar-refractivity contribution < 1.29 is 5.11 Å². The van der Waals surface area contributed by atoms with Crippen molar-refractivity contribution in [2.24, 2.45) is 0 Å². The van der Waals surface area contributed by atoms with Crippen LogP contribution in [0.1, 0.15) is 25.0 Å². The molecule has 0 saturated carbocycles. The Hall–Kier alpha value is -1.94. The highest BCUT2D eigenvalue weighted by Gasteiger charge is 2.06. The van der Waals surface area contributed by atoms with Crippen LogP contribution in [0.2, 0.25) is 0 Å². The number of imidazole rings is 1. The molecule has 1 aromatic heterocycles. The summed E-state index contributed by atoms with van der Waals surface area (Å²) in [5.41, 5.74) is 4.10. The van der Waals surface area contributed by atoms with Crippen molar-refractivity contribution >= 4 is 22.8 Å². The van der Waals surface area contributed by atoms with E-state index in [0.717, 1.165) is 33.1 Å². The SMILES string of the molecule is CC.Cc1c(O)cccc1CSc1nc2ccccc2[nH]1. The van der Waals surface area contributed by atoms with Crippen LogP contribution in [0.4, 0.5) is 0 Å². The van der Waals surface area contributed by atoms with Crippen LogP contribution in [-0.2, 0) is 5.75 Å². The maximum Gasteiger partial charge on any atom is 0.166 e. The second kappa shape index (κ2) is 7.18. The summed E-state index contributed by atoms with van der Waals surface area (Å²) < 4.78 is 0. The first-order valence-corrected chi connectivity index (χ1v) is 8.07. The van der Waals surface area contributed by atoms with Gasteiger partial charge in [-0.25, -0.2) is 4.98 Å². The predicted octanol–water partition coefficient (Wildman–Crippen LogP) is 4.90. The van der Waals surface area contributed by atoms with Gasteiger partial charge < -0.3 is 10.1 Å². The maximum atomic E-state index is 9.68. The number of phenols is 1. The van der Waals surface area contributed by atoms with Gasteiger partial charge >= 0.3 is 0 Å². The smallest absolute Gasteiger partial charge is 0.166 e. The second-order valence-corrected chi connectivity index (χ2v) is 5.37. The molecule has 3 nitrogen and oxygen atoms in total. The Morgan fingerprint density at radius 3 is 2.62 bits per heavy atom. The fourth-order valence-corrected chi connectivity index (χ4v) is 2.92. The van der Waals surface area contributed by atoms with Gasteiger partial charge in [-0.3, -0.25) is 0 Å². The number of hydrogen-bond donors (Lipinski definition) is 2. The van der Waals surface area contributed by atoms with E-state index in [1.54, 1.807) is 17.8 Å². The summed E-state index contributed by atoms with van der Waals surface area (Å²) in [6, 6.07) is 13.6. The van der Waals surface area contributed by atoms with Gasteiger partial charge in [0.15, 0.2) is 5.16 Å². The average Bonchev–Trinajstić information content (AvgIpc) is 2.93. The molecule has 0 bridgehead atoms. The monoisotopic (exact) mass is 300 g/mol. The van der Waals surface area contributed by atoms with Crippen molar-refractivity contribution in [2.75, 3.05) is 0 Å². The molecule has 0 aliphatic heterocycles. The number of thioether (sulfide) groups is 1. The molecule has 3 rings (SSSR count). The first-order valence-electron chi connectivity index (χ1n) is 7.09. The molecule has 0 aliphatic rings. The summed E-state index contributed by atoms with van der Waals surface area (Å²) in [4.78, 5) is 7.81. The Bertz CT molecular complexity index is 689. The minimum atomic E-state index is 0.350. The van der Waals surface area contributed by atoms with E-state index in [-0.39, 0.29) is 0 Å². The van der Waals surface area contributed by atoms with Crippen molar-refractivity contribution in [3.05, 3.63) is 53.6 Å². The Balaban J connectivity index is 0.000000774. The molecule has 0 aliphatic carbocycles. The number of nitrogens with one attached hydrogen (secondary N) is 1. The van der Waals surface area contributed by atoms with Gasteiger partial charge in [-0.15, -0.1) is 0 Å². The highest BCUT2D eigenvalue weighted by atomic mass is 32.2. The number of H-pyrrole nitrogens is 1. The van der Waals surface area contributed by atoms with Gasteiger partial charge in [0.05, 0.1) is 11.0 Å². The van der Waals surface area contributed by atoms with Gasteiger partial charge in [0.25, 0.3) is 0 Å². The summed E-state index contributed by atoms with van der Waals surface area (Å²) in [6.45, 7) is 5.93.